The number of nitrogens with zero attached hydrogens (tertiary/aromatic N) is 1. The molecule has 1 aliphatic carbocycles. The number of nitrogens with two attached hydrogens (primary N) is 1. The van der Waals surface area contributed by atoms with Gasteiger partial charge in [0.2, 0.25) is 10.0 Å². The predicted octanol–water partition coefficient (Wildman–Crippen LogP) is 0.329. The van der Waals surface area contributed by atoms with E-state index in [0.717, 1.165) is 19.3 Å². The second-order valence-corrected chi connectivity index (χ2v) is 6.88. The van der Waals surface area contributed by atoms with Gasteiger partial charge in [0.05, 0.1) is 19.3 Å². The van der Waals surface area contributed by atoms with Crippen molar-refractivity contribution in [2.24, 2.45) is 11.7 Å². The van der Waals surface area contributed by atoms with Crippen LogP contribution in [0, 0.1) is 5.92 Å². The molecule has 0 aromatic rings. The Morgan fingerprint density at radius 3 is 2.63 bits per heavy atom. The summed E-state index contributed by atoms with van der Waals surface area (Å²) >= 11 is 0. The first-order valence-electron chi connectivity index (χ1n) is 6.72. The van der Waals surface area contributed by atoms with E-state index in [4.69, 9.17) is 5.73 Å². The zero-order valence-corrected chi connectivity index (χ0v) is 12.5. The molecule has 19 heavy (non-hydrogen) atoms. The first-order chi connectivity index (χ1) is 8.96. The molecule has 6 nitrogen and oxygen atoms in total. The fourth-order valence-electron chi connectivity index (χ4n) is 2.74. The van der Waals surface area contributed by atoms with Gasteiger partial charge >= 0.3 is 5.97 Å². The summed E-state index contributed by atoms with van der Waals surface area (Å²) in [7, 11) is -2.17. The van der Waals surface area contributed by atoms with Crippen LogP contribution in [0.1, 0.15) is 32.6 Å². The molecule has 2 N–H and O–H groups in total. The van der Waals surface area contributed by atoms with E-state index in [1.807, 2.05) is 6.92 Å². The summed E-state index contributed by atoms with van der Waals surface area (Å²) in [5, 5.41) is 0. The fraction of sp³-hybridized carbons (Fsp3) is 0.917. The molecule has 0 bridgehead atoms. The molecular weight excluding hydrogens is 268 g/mol. The molecular formula is C12H24N2O4S. The molecule has 0 aromatic heterocycles. The second-order valence-electron chi connectivity index (χ2n) is 4.84. The zero-order valence-electron chi connectivity index (χ0n) is 11.7. The lowest BCUT2D eigenvalue weighted by Gasteiger charge is -2.30. The van der Waals surface area contributed by atoms with Crippen LogP contribution in [-0.4, -0.2) is 50.7 Å². The molecule has 112 valence electrons. The maximum atomic E-state index is 12.3. The van der Waals surface area contributed by atoms with Crippen LogP contribution < -0.4 is 5.73 Å². The Kier molecular flexibility index (Phi) is 6.22. The minimum atomic E-state index is -3.43. The largest absolute Gasteiger partial charge is 0.469 e. The normalized spacial score (nSPS) is 23.8. The van der Waals surface area contributed by atoms with Gasteiger partial charge in [-0.1, -0.05) is 13.3 Å². The van der Waals surface area contributed by atoms with Crippen LogP contribution in [-0.2, 0) is 19.6 Å². The molecule has 0 amide bonds. The quantitative estimate of drug-likeness (QED) is 0.683. The number of sulfonamides is 1. The van der Waals surface area contributed by atoms with Crippen molar-refractivity contribution < 1.29 is 17.9 Å². The zero-order chi connectivity index (χ0) is 14.5. The summed E-state index contributed by atoms with van der Waals surface area (Å²) in [6.07, 6.45) is 2.74. The van der Waals surface area contributed by atoms with Gasteiger partial charge in [0, 0.05) is 12.6 Å². The summed E-state index contributed by atoms with van der Waals surface area (Å²) < 4.78 is 30.6. The Morgan fingerprint density at radius 1 is 1.42 bits per heavy atom. The highest BCUT2D eigenvalue weighted by Crippen LogP contribution is 2.31. The smallest absolute Gasteiger partial charge is 0.306 e. The molecule has 0 spiro atoms. The summed E-state index contributed by atoms with van der Waals surface area (Å²) in [6, 6.07) is -0.0161. The third-order valence-electron chi connectivity index (χ3n) is 3.75. The molecule has 1 aliphatic rings. The first kappa shape index (κ1) is 16.4. The standard InChI is InChI=1S/C12H24N2O4S/c1-3-14(11-6-4-5-10(11)9-13)19(16,17)8-7-12(15)18-2/h10-11H,3-9,13H2,1-2H3. The van der Waals surface area contributed by atoms with E-state index in [1.165, 1.54) is 11.4 Å². The van der Waals surface area contributed by atoms with Crippen molar-refractivity contribution in [2.75, 3.05) is 26.0 Å². The van der Waals surface area contributed by atoms with Crippen LogP contribution in [0.5, 0.6) is 0 Å². The first-order valence-corrected chi connectivity index (χ1v) is 8.33. The second kappa shape index (κ2) is 7.21. The summed E-state index contributed by atoms with van der Waals surface area (Å²) in [5.74, 6) is -0.462. The third kappa shape index (κ3) is 4.15. The topological polar surface area (TPSA) is 89.7 Å². The number of hydrogen-bond donors (Lipinski definition) is 1. The fourth-order valence-corrected chi connectivity index (χ4v) is 4.48. The number of carbonyl (C=O) groups is 1. The Balaban J connectivity index is 2.74. The molecule has 0 radical (unpaired) electrons. The molecule has 7 heteroatoms. The number of rotatable bonds is 7. The highest BCUT2D eigenvalue weighted by atomic mass is 32.2. The van der Waals surface area contributed by atoms with E-state index < -0.39 is 16.0 Å². The highest BCUT2D eigenvalue weighted by Gasteiger charge is 2.36. The average molecular weight is 292 g/mol. The van der Waals surface area contributed by atoms with Crippen LogP contribution in [0.2, 0.25) is 0 Å². The van der Waals surface area contributed by atoms with Crippen LogP contribution >= 0.6 is 0 Å². The van der Waals surface area contributed by atoms with Gasteiger partial charge in [0.15, 0.2) is 0 Å². The summed E-state index contributed by atoms with van der Waals surface area (Å²) in [5.41, 5.74) is 5.71. The summed E-state index contributed by atoms with van der Waals surface area (Å²) in [6.45, 7) is 2.75. The Hall–Kier alpha value is -0.660. The van der Waals surface area contributed by atoms with Crippen LogP contribution in [0.25, 0.3) is 0 Å². The molecule has 0 saturated heterocycles. The van der Waals surface area contributed by atoms with Gasteiger partial charge in [-0.2, -0.15) is 4.31 Å². The van der Waals surface area contributed by atoms with Gasteiger partial charge in [0.25, 0.3) is 0 Å². The van der Waals surface area contributed by atoms with E-state index in [0.29, 0.717) is 13.1 Å². The Morgan fingerprint density at radius 2 is 2.11 bits per heavy atom. The lowest BCUT2D eigenvalue weighted by atomic mass is 10.0. The van der Waals surface area contributed by atoms with E-state index in [-0.39, 0.29) is 24.1 Å². The molecule has 0 aromatic carbocycles. The van der Waals surface area contributed by atoms with Crippen molar-refractivity contribution in [3.8, 4) is 0 Å². The molecule has 1 rings (SSSR count). The molecule has 2 atom stereocenters. The number of carbonyl (C=O) groups excluding carboxylic acids is 1. The minimum Gasteiger partial charge on any atom is -0.469 e. The van der Waals surface area contributed by atoms with Crippen molar-refractivity contribution in [3.63, 3.8) is 0 Å². The lowest BCUT2D eigenvalue weighted by molar-refractivity contribution is -0.140. The summed E-state index contributed by atoms with van der Waals surface area (Å²) in [4.78, 5) is 11.1. The van der Waals surface area contributed by atoms with Gasteiger partial charge in [0.1, 0.15) is 0 Å². The van der Waals surface area contributed by atoms with E-state index in [9.17, 15) is 13.2 Å². The number of hydrogen-bond acceptors (Lipinski definition) is 5. The Labute approximate surface area is 115 Å². The Bertz CT molecular complexity index is 397. The van der Waals surface area contributed by atoms with Gasteiger partial charge in [-0.05, 0) is 25.3 Å². The highest BCUT2D eigenvalue weighted by molar-refractivity contribution is 7.89. The monoisotopic (exact) mass is 292 g/mol. The molecule has 1 fully saturated rings. The molecule has 2 unspecified atom stereocenters. The maximum Gasteiger partial charge on any atom is 0.306 e. The van der Waals surface area contributed by atoms with Crippen LogP contribution in [0.4, 0.5) is 0 Å². The van der Waals surface area contributed by atoms with E-state index in [1.54, 1.807) is 0 Å². The average Bonchev–Trinajstić information content (AvgIpc) is 2.84. The van der Waals surface area contributed by atoms with E-state index in [2.05, 4.69) is 4.74 Å². The third-order valence-corrected chi connectivity index (χ3v) is 5.72. The molecule has 0 heterocycles. The van der Waals surface area contributed by atoms with Crippen molar-refractivity contribution in [3.05, 3.63) is 0 Å². The van der Waals surface area contributed by atoms with Crippen molar-refractivity contribution in [2.45, 2.75) is 38.6 Å². The van der Waals surface area contributed by atoms with Gasteiger partial charge in [-0.15, -0.1) is 0 Å². The minimum absolute atomic E-state index is 0.0161. The molecule has 1 saturated carbocycles. The van der Waals surface area contributed by atoms with E-state index >= 15 is 0 Å². The number of ether oxygens (including phenoxy) is 1. The molecule has 0 aliphatic heterocycles. The van der Waals surface area contributed by atoms with Crippen LogP contribution in [0.3, 0.4) is 0 Å². The van der Waals surface area contributed by atoms with Crippen molar-refractivity contribution >= 4 is 16.0 Å². The predicted molar refractivity (Wildman–Crippen MR) is 73.0 cm³/mol. The number of methoxy groups -OCH3 is 1. The SMILES string of the molecule is CCN(C1CCCC1CN)S(=O)(=O)CCC(=O)OC. The van der Waals surface area contributed by atoms with Gasteiger partial charge in [-0.25, -0.2) is 8.42 Å². The van der Waals surface area contributed by atoms with Crippen molar-refractivity contribution in [1.82, 2.24) is 4.31 Å². The maximum absolute atomic E-state index is 12.3. The van der Waals surface area contributed by atoms with Gasteiger partial charge in [-0.3, -0.25) is 4.79 Å². The van der Waals surface area contributed by atoms with Crippen molar-refractivity contribution in [1.29, 1.82) is 0 Å². The van der Waals surface area contributed by atoms with Crippen LogP contribution in [0.15, 0.2) is 0 Å². The number of esters is 1. The van der Waals surface area contributed by atoms with Gasteiger partial charge < -0.3 is 10.5 Å². The lowest BCUT2D eigenvalue weighted by Crippen LogP contribution is -2.45.